The van der Waals surface area contributed by atoms with Crippen LogP contribution in [-0.2, 0) is 9.47 Å². The van der Waals surface area contributed by atoms with E-state index in [1.807, 2.05) is 4.90 Å². The van der Waals surface area contributed by atoms with E-state index in [4.69, 9.17) is 9.47 Å². The van der Waals surface area contributed by atoms with Crippen LogP contribution in [0.3, 0.4) is 0 Å². The van der Waals surface area contributed by atoms with Crippen molar-refractivity contribution < 1.29 is 18.3 Å². The molecule has 4 rings (SSSR count). The minimum atomic E-state index is -0.718. The summed E-state index contributed by atoms with van der Waals surface area (Å²) in [5.74, 6) is -1.29. The van der Waals surface area contributed by atoms with Crippen LogP contribution >= 0.6 is 0 Å². The van der Waals surface area contributed by atoms with Gasteiger partial charge in [0.05, 0.1) is 19.4 Å². The number of nitrogens with zero attached hydrogens (tertiary/aromatic N) is 4. The predicted octanol–water partition coefficient (Wildman–Crippen LogP) is 2.24. The van der Waals surface area contributed by atoms with Gasteiger partial charge in [-0.15, -0.1) is 5.10 Å². The van der Waals surface area contributed by atoms with Crippen LogP contribution in [-0.4, -0.2) is 47.3 Å². The largest absolute Gasteiger partial charge is 0.355 e. The fourth-order valence-electron chi connectivity index (χ4n) is 3.09. The van der Waals surface area contributed by atoms with Gasteiger partial charge >= 0.3 is 0 Å². The molecule has 2 aliphatic rings. The van der Waals surface area contributed by atoms with Crippen molar-refractivity contribution in [3.8, 4) is 0 Å². The average Bonchev–Trinajstić information content (AvgIpc) is 3.07. The lowest BCUT2D eigenvalue weighted by Gasteiger charge is -2.37. The van der Waals surface area contributed by atoms with E-state index in [9.17, 15) is 8.78 Å². The smallest absolute Gasteiger partial charge is 0.249 e. The van der Waals surface area contributed by atoms with E-state index in [0.717, 1.165) is 25.0 Å². The van der Waals surface area contributed by atoms with E-state index >= 15 is 0 Å². The highest BCUT2D eigenvalue weighted by Crippen LogP contribution is 2.32. The van der Waals surface area contributed by atoms with E-state index in [-0.39, 0.29) is 11.6 Å². The zero-order chi connectivity index (χ0) is 17.3. The summed E-state index contributed by atoms with van der Waals surface area (Å²) in [6.07, 6.45) is 2.97. The second-order valence-corrected chi connectivity index (χ2v) is 5.95. The molecule has 0 amide bonds. The Labute approximate surface area is 143 Å². The molecule has 25 heavy (non-hydrogen) atoms. The Kier molecular flexibility index (Phi) is 4.18. The van der Waals surface area contributed by atoms with Crippen LogP contribution in [0.25, 0.3) is 0 Å². The first kappa shape index (κ1) is 16.1. The molecule has 2 fully saturated rings. The Morgan fingerprint density at radius 1 is 1.08 bits per heavy atom. The van der Waals surface area contributed by atoms with Crippen molar-refractivity contribution in [2.24, 2.45) is 0 Å². The molecule has 1 aromatic heterocycles. The molecule has 0 unspecified atom stereocenters. The summed E-state index contributed by atoms with van der Waals surface area (Å²) in [7, 11) is 0. The van der Waals surface area contributed by atoms with Gasteiger partial charge in [0.1, 0.15) is 17.3 Å². The zero-order valence-electron chi connectivity index (χ0n) is 13.4. The predicted molar refractivity (Wildman–Crippen MR) is 85.5 cm³/mol. The van der Waals surface area contributed by atoms with Crippen molar-refractivity contribution in [3.05, 3.63) is 36.0 Å². The summed E-state index contributed by atoms with van der Waals surface area (Å²) in [5.41, 5.74) is -0.299. The Morgan fingerprint density at radius 3 is 2.44 bits per heavy atom. The highest BCUT2D eigenvalue weighted by atomic mass is 19.1. The molecule has 9 heteroatoms. The van der Waals surface area contributed by atoms with E-state index < -0.39 is 17.4 Å². The van der Waals surface area contributed by atoms with Gasteiger partial charge in [0.15, 0.2) is 11.6 Å². The molecule has 1 aromatic carbocycles. The minimum Gasteiger partial charge on any atom is -0.355 e. The van der Waals surface area contributed by atoms with E-state index in [1.54, 1.807) is 0 Å². The third kappa shape index (κ3) is 3.24. The first-order chi connectivity index (χ1) is 12.2. The Hall–Kier alpha value is -2.39. The molecule has 1 spiro atoms. The lowest BCUT2D eigenvalue weighted by atomic mass is 10.0. The second-order valence-electron chi connectivity index (χ2n) is 5.95. The van der Waals surface area contributed by atoms with Gasteiger partial charge in [-0.3, -0.25) is 0 Å². The maximum absolute atomic E-state index is 13.7. The van der Waals surface area contributed by atoms with Gasteiger partial charge in [-0.05, 0) is 12.1 Å². The highest BCUT2D eigenvalue weighted by molar-refractivity contribution is 5.56. The first-order valence-electron chi connectivity index (χ1n) is 8.09. The quantitative estimate of drug-likeness (QED) is 0.911. The van der Waals surface area contributed by atoms with E-state index in [2.05, 4.69) is 20.5 Å². The number of nitrogens with one attached hydrogen (secondary N) is 1. The summed E-state index contributed by atoms with van der Waals surface area (Å²) in [6.45, 7) is 2.62. The number of hydrogen-bond acceptors (Lipinski definition) is 7. The van der Waals surface area contributed by atoms with Crippen molar-refractivity contribution in [3.63, 3.8) is 0 Å². The highest BCUT2D eigenvalue weighted by Gasteiger charge is 2.40. The lowest BCUT2D eigenvalue weighted by Crippen LogP contribution is -2.45. The number of benzene rings is 1. The van der Waals surface area contributed by atoms with Gasteiger partial charge < -0.3 is 19.7 Å². The molecular formula is C16H17F2N5O2. The topological polar surface area (TPSA) is 72.4 Å². The first-order valence-corrected chi connectivity index (χ1v) is 8.09. The number of halogens is 2. The fourth-order valence-corrected chi connectivity index (χ4v) is 3.09. The van der Waals surface area contributed by atoms with Gasteiger partial charge in [0.2, 0.25) is 5.95 Å². The van der Waals surface area contributed by atoms with Crippen molar-refractivity contribution in [2.45, 2.75) is 18.6 Å². The summed E-state index contributed by atoms with van der Waals surface area (Å²) >= 11 is 0. The number of para-hydroxylation sites is 1. The standard InChI is InChI=1S/C16H17F2N5O2/c17-11-2-1-3-12(18)14(11)21-15-20-13(10-19-22-15)23-6-4-16(5-7-23)24-8-9-25-16/h1-3,10H,4-9H2,(H,20,21,22). The Bertz CT molecular complexity index is 740. The molecule has 0 aliphatic carbocycles. The SMILES string of the molecule is Fc1cccc(F)c1Nc1nncc(N2CCC3(CC2)OCCO3)n1. The number of hydrogen-bond donors (Lipinski definition) is 1. The molecule has 2 saturated heterocycles. The van der Waals surface area contributed by atoms with Gasteiger partial charge in [0, 0.05) is 25.9 Å². The van der Waals surface area contributed by atoms with Gasteiger partial charge in [-0.2, -0.15) is 10.1 Å². The van der Waals surface area contributed by atoms with E-state index in [0.29, 0.717) is 32.1 Å². The number of ether oxygens (including phenoxy) is 2. The molecule has 7 nitrogen and oxygen atoms in total. The van der Waals surface area contributed by atoms with Crippen LogP contribution < -0.4 is 10.2 Å². The molecule has 0 saturated carbocycles. The maximum Gasteiger partial charge on any atom is 0.249 e. The zero-order valence-corrected chi connectivity index (χ0v) is 13.4. The molecule has 1 N–H and O–H groups in total. The Balaban J connectivity index is 1.48. The summed E-state index contributed by atoms with van der Waals surface area (Å²) in [4.78, 5) is 6.34. The molecule has 0 radical (unpaired) electrons. The normalized spacial score (nSPS) is 19.4. The fraction of sp³-hybridized carbons (Fsp3) is 0.438. The van der Waals surface area contributed by atoms with Crippen LogP contribution in [0.1, 0.15) is 12.8 Å². The monoisotopic (exact) mass is 349 g/mol. The molecule has 2 aromatic rings. The van der Waals surface area contributed by atoms with Crippen LogP contribution in [0.15, 0.2) is 24.4 Å². The van der Waals surface area contributed by atoms with Crippen molar-refractivity contribution in [1.82, 2.24) is 15.2 Å². The van der Waals surface area contributed by atoms with Gasteiger partial charge in [-0.25, -0.2) is 8.78 Å². The third-order valence-electron chi connectivity index (χ3n) is 4.41. The van der Waals surface area contributed by atoms with Crippen LogP contribution in [0.5, 0.6) is 0 Å². The lowest BCUT2D eigenvalue weighted by molar-refractivity contribution is -0.169. The van der Waals surface area contributed by atoms with Crippen molar-refractivity contribution in [1.29, 1.82) is 0 Å². The maximum atomic E-state index is 13.7. The van der Waals surface area contributed by atoms with Crippen molar-refractivity contribution >= 4 is 17.5 Å². The molecule has 132 valence electrons. The summed E-state index contributed by atoms with van der Waals surface area (Å²) in [5, 5.41) is 10.2. The van der Waals surface area contributed by atoms with Crippen molar-refractivity contribution in [2.75, 3.05) is 36.5 Å². The number of aromatic nitrogens is 3. The second kappa shape index (κ2) is 6.49. The molecule has 0 bridgehead atoms. The van der Waals surface area contributed by atoms with Crippen LogP contribution in [0.4, 0.5) is 26.2 Å². The Morgan fingerprint density at radius 2 is 1.76 bits per heavy atom. The molecule has 3 heterocycles. The average molecular weight is 349 g/mol. The summed E-state index contributed by atoms with van der Waals surface area (Å²) in [6, 6.07) is 3.62. The minimum absolute atomic E-state index is 0.0372. The number of rotatable bonds is 3. The van der Waals surface area contributed by atoms with Crippen LogP contribution in [0, 0.1) is 11.6 Å². The molecule has 0 atom stereocenters. The molecular weight excluding hydrogens is 332 g/mol. The summed E-state index contributed by atoms with van der Waals surface area (Å²) < 4.78 is 38.9. The number of anilines is 3. The number of piperidine rings is 1. The van der Waals surface area contributed by atoms with Gasteiger partial charge in [-0.1, -0.05) is 6.07 Å². The van der Waals surface area contributed by atoms with Gasteiger partial charge in [0.25, 0.3) is 0 Å². The third-order valence-corrected chi connectivity index (χ3v) is 4.41. The molecule has 2 aliphatic heterocycles. The van der Waals surface area contributed by atoms with Crippen LogP contribution in [0.2, 0.25) is 0 Å². The van der Waals surface area contributed by atoms with E-state index in [1.165, 1.54) is 12.3 Å².